The van der Waals surface area contributed by atoms with E-state index in [1.807, 2.05) is 0 Å². The molecule has 0 aromatic heterocycles. The summed E-state index contributed by atoms with van der Waals surface area (Å²) in [6, 6.07) is 7.37. The maximum Gasteiger partial charge on any atom is 0.416 e. The van der Waals surface area contributed by atoms with E-state index in [0.29, 0.717) is 6.07 Å². The normalized spacial score (nSPS) is 15.8. The highest BCUT2D eigenvalue weighted by atomic mass is 32.2. The summed E-state index contributed by atoms with van der Waals surface area (Å²) in [4.78, 5) is 23.8. The molecule has 1 aliphatic rings. The molecule has 0 spiro atoms. The molecular weight excluding hydrogens is 531 g/mol. The number of carbonyl (C=O) groups excluding carboxylic acids is 2. The van der Waals surface area contributed by atoms with Crippen LogP contribution in [0.3, 0.4) is 0 Å². The van der Waals surface area contributed by atoms with Gasteiger partial charge in [0, 0.05) is 12.2 Å². The molecule has 14 heteroatoms. The molecule has 0 radical (unpaired) electrons. The Morgan fingerprint density at radius 3 is 2.50 bits per heavy atom. The van der Waals surface area contributed by atoms with Crippen molar-refractivity contribution < 1.29 is 45.8 Å². The smallest absolute Gasteiger partial charge is 0.416 e. The molecule has 0 saturated heterocycles. The maximum atomic E-state index is 13.6. The molecular formula is C24H28F3N3O7S. The van der Waals surface area contributed by atoms with E-state index in [4.69, 9.17) is 14.6 Å². The van der Waals surface area contributed by atoms with Crippen LogP contribution in [0.15, 0.2) is 47.4 Å². The number of benzene rings is 2. The van der Waals surface area contributed by atoms with Gasteiger partial charge in [-0.05, 0) is 57.2 Å². The van der Waals surface area contributed by atoms with Crippen LogP contribution < -0.4 is 19.7 Å². The number of ether oxygens (including phenoxy) is 2. The molecule has 2 amide bonds. The minimum atomic E-state index is -4.77. The second-order valence-electron chi connectivity index (χ2n) is 9.39. The number of hydrogen-bond donors (Lipinski definition) is 3. The Bertz CT molecular complexity index is 1290. The summed E-state index contributed by atoms with van der Waals surface area (Å²) in [5.41, 5.74) is -1.86. The van der Waals surface area contributed by atoms with E-state index in [1.165, 1.54) is 18.2 Å². The van der Waals surface area contributed by atoms with Gasteiger partial charge in [0.2, 0.25) is 5.91 Å². The van der Waals surface area contributed by atoms with Crippen LogP contribution in [0.2, 0.25) is 0 Å². The van der Waals surface area contributed by atoms with Crippen molar-refractivity contribution in [2.45, 2.75) is 50.0 Å². The van der Waals surface area contributed by atoms with Crippen molar-refractivity contribution in [2.75, 3.05) is 29.3 Å². The first-order chi connectivity index (χ1) is 17.6. The van der Waals surface area contributed by atoms with Gasteiger partial charge in [-0.25, -0.2) is 13.2 Å². The van der Waals surface area contributed by atoms with Crippen LogP contribution in [0.25, 0.3) is 0 Å². The highest BCUT2D eigenvalue weighted by Gasteiger charge is 2.38. The van der Waals surface area contributed by atoms with Crippen LogP contribution >= 0.6 is 0 Å². The lowest BCUT2D eigenvalue weighted by molar-refractivity contribution is -0.137. The van der Waals surface area contributed by atoms with Crippen LogP contribution in [0.5, 0.6) is 5.75 Å². The quantitative estimate of drug-likeness (QED) is 0.473. The van der Waals surface area contributed by atoms with E-state index < -0.39 is 56.9 Å². The first-order valence-electron chi connectivity index (χ1n) is 11.5. The number of aliphatic hydroxyl groups is 1. The number of carbonyl (C=O) groups is 2. The SMILES string of the molecule is CC(C)(C)OC(=O)Nc1ccc2c(c1)N(S(=O)(=O)c1cccc(C(F)(F)F)c1)CC(CC(=O)NCCO)O2. The van der Waals surface area contributed by atoms with E-state index in [-0.39, 0.29) is 36.7 Å². The third-order valence-corrected chi connectivity index (χ3v) is 6.91. The monoisotopic (exact) mass is 559 g/mol. The molecule has 10 nitrogen and oxygen atoms in total. The molecule has 3 N–H and O–H groups in total. The number of sulfonamides is 1. The molecule has 0 fully saturated rings. The van der Waals surface area contributed by atoms with Gasteiger partial charge in [0.1, 0.15) is 17.5 Å². The number of rotatable bonds is 7. The van der Waals surface area contributed by atoms with Crippen molar-refractivity contribution >= 4 is 33.4 Å². The van der Waals surface area contributed by atoms with E-state index in [2.05, 4.69) is 10.6 Å². The van der Waals surface area contributed by atoms with Crippen molar-refractivity contribution in [1.29, 1.82) is 0 Å². The second-order valence-corrected chi connectivity index (χ2v) is 11.3. The first kappa shape index (κ1) is 29.0. The van der Waals surface area contributed by atoms with Gasteiger partial charge in [-0.3, -0.25) is 14.4 Å². The molecule has 2 aromatic carbocycles. The van der Waals surface area contributed by atoms with Gasteiger partial charge in [0.25, 0.3) is 10.0 Å². The van der Waals surface area contributed by atoms with Crippen molar-refractivity contribution in [1.82, 2.24) is 5.32 Å². The standard InChI is InChI=1S/C24H28F3N3O7S/c1-23(2,3)37-22(33)29-16-7-8-20-19(12-16)30(14-17(36-20)13-21(32)28-9-10-31)38(34,35)18-6-4-5-15(11-18)24(25,26)27/h4-8,11-12,17,31H,9-10,13-14H2,1-3H3,(H,28,32)(H,29,33). The zero-order valence-corrected chi connectivity index (χ0v) is 21.6. The summed E-state index contributed by atoms with van der Waals surface area (Å²) in [5.74, 6) is -0.492. The van der Waals surface area contributed by atoms with Gasteiger partial charge < -0.3 is 19.9 Å². The lowest BCUT2D eigenvalue weighted by atomic mass is 10.1. The molecule has 2 aromatic rings. The number of fused-ring (bicyclic) bond motifs is 1. The molecule has 1 atom stereocenters. The summed E-state index contributed by atoms with van der Waals surface area (Å²) >= 11 is 0. The number of nitrogens with one attached hydrogen (secondary N) is 2. The zero-order chi connectivity index (χ0) is 28.3. The fourth-order valence-corrected chi connectivity index (χ4v) is 5.12. The summed E-state index contributed by atoms with van der Waals surface area (Å²) in [6.07, 6.45) is -6.86. The van der Waals surface area contributed by atoms with Gasteiger partial charge >= 0.3 is 12.3 Å². The molecule has 1 unspecified atom stereocenters. The second kappa shape index (κ2) is 11.1. The van der Waals surface area contributed by atoms with Crippen LogP contribution in [-0.2, 0) is 25.7 Å². The van der Waals surface area contributed by atoms with E-state index in [9.17, 15) is 31.2 Å². The van der Waals surface area contributed by atoms with Gasteiger partial charge in [0.05, 0.1) is 35.7 Å². The number of alkyl halides is 3. The molecule has 1 heterocycles. The Morgan fingerprint density at radius 2 is 1.87 bits per heavy atom. The van der Waals surface area contributed by atoms with Gasteiger partial charge in [-0.15, -0.1) is 0 Å². The largest absolute Gasteiger partial charge is 0.486 e. The lowest BCUT2D eigenvalue weighted by Crippen LogP contribution is -2.45. The average Bonchev–Trinajstić information content (AvgIpc) is 2.80. The van der Waals surface area contributed by atoms with E-state index >= 15 is 0 Å². The molecule has 0 bridgehead atoms. The van der Waals surface area contributed by atoms with Crippen molar-refractivity contribution in [3.63, 3.8) is 0 Å². The Hall–Kier alpha value is -3.52. The van der Waals surface area contributed by atoms with Crippen LogP contribution in [-0.4, -0.2) is 56.9 Å². The molecule has 1 aliphatic heterocycles. The third-order valence-electron chi connectivity index (χ3n) is 5.13. The van der Waals surface area contributed by atoms with Gasteiger partial charge in [-0.2, -0.15) is 13.2 Å². The summed E-state index contributed by atoms with van der Waals surface area (Å²) < 4.78 is 79.0. The molecule has 0 aliphatic carbocycles. The number of anilines is 2. The highest BCUT2D eigenvalue weighted by molar-refractivity contribution is 7.92. The lowest BCUT2D eigenvalue weighted by Gasteiger charge is -2.35. The molecule has 38 heavy (non-hydrogen) atoms. The molecule has 208 valence electrons. The van der Waals surface area contributed by atoms with Crippen LogP contribution in [0, 0.1) is 0 Å². The van der Waals surface area contributed by atoms with Gasteiger partial charge in [0.15, 0.2) is 0 Å². The Labute approximate surface area is 217 Å². The van der Waals surface area contributed by atoms with Gasteiger partial charge in [-0.1, -0.05) is 6.07 Å². The number of halogens is 3. The minimum absolute atomic E-state index is 0.0198. The number of aliphatic hydroxyl groups excluding tert-OH is 1. The van der Waals surface area contributed by atoms with Crippen LogP contribution in [0.1, 0.15) is 32.8 Å². The number of hydrogen-bond acceptors (Lipinski definition) is 7. The van der Waals surface area contributed by atoms with E-state index in [0.717, 1.165) is 22.5 Å². The highest BCUT2D eigenvalue weighted by Crippen LogP contribution is 2.40. The first-order valence-corrected chi connectivity index (χ1v) is 12.9. The van der Waals surface area contributed by atoms with Crippen molar-refractivity contribution in [3.05, 3.63) is 48.0 Å². The van der Waals surface area contributed by atoms with Crippen molar-refractivity contribution in [3.8, 4) is 5.75 Å². The summed E-state index contributed by atoms with van der Waals surface area (Å²) in [7, 11) is -4.58. The molecule has 3 rings (SSSR count). The predicted molar refractivity (Wildman–Crippen MR) is 131 cm³/mol. The van der Waals surface area contributed by atoms with E-state index in [1.54, 1.807) is 20.8 Å². The topological polar surface area (TPSA) is 134 Å². The number of amides is 2. The predicted octanol–water partition coefficient (Wildman–Crippen LogP) is 3.51. The fraction of sp³-hybridized carbons (Fsp3) is 0.417. The Morgan fingerprint density at radius 1 is 1.16 bits per heavy atom. The minimum Gasteiger partial charge on any atom is -0.486 e. The third kappa shape index (κ3) is 7.28. The Kier molecular flexibility index (Phi) is 8.46. The number of nitrogens with zero attached hydrogens (tertiary/aromatic N) is 1. The Balaban J connectivity index is 2.01. The summed E-state index contributed by atoms with van der Waals surface area (Å²) in [6.45, 7) is 4.25. The van der Waals surface area contributed by atoms with Crippen molar-refractivity contribution in [2.24, 2.45) is 0 Å². The average molecular weight is 560 g/mol. The fourth-order valence-electron chi connectivity index (χ4n) is 3.58. The zero-order valence-electron chi connectivity index (χ0n) is 20.8. The summed E-state index contributed by atoms with van der Waals surface area (Å²) in [5, 5.41) is 13.8. The van der Waals surface area contributed by atoms with Crippen LogP contribution in [0.4, 0.5) is 29.3 Å². The maximum absolute atomic E-state index is 13.6. The molecule has 0 saturated carbocycles.